The molecule has 1 heterocycles. The minimum absolute atomic E-state index is 0.301. The first-order valence-corrected chi connectivity index (χ1v) is 10.7. The van der Waals surface area contributed by atoms with E-state index in [0.29, 0.717) is 29.6 Å². The zero-order valence-corrected chi connectivity index (χ0v) is 19.2. The minimum atomic E-state index is -0.301. The number of methoxy groups -OCH3 is 2. The van der Waals surface area contributed by atoms with Gasteiger partial charge in [0, 0.05) is 37.0 Å². The van der Waals surface area contributed by atoms with Gasteiger partial charge in [-0.1, -0.05) is 12.1 Å². The van der Waals surface area contributed by atoms with Crippen LogP contribution >= 0.6 is 0 Å². The van der Waals surface area contributed by atoms with Gasteiger partial charge >= 0.3 is 0 Å². The number of morpholine rings is 1. The Kier molecular flexibility index (Phi) is 8.47. The molecule has 8 nitrogen and oxygen atoms in total. The lowest BCUT2D eigenvalue weighted by Crippen LogP contribution is -2.39. The molecule has 0 spiro atoms. The Bertz CT molecular complexity index is 933. The standard InChI is InChI=1S/C24H32N4O4/c1-17-6-5-7-22(18(17)2)26-24(25-8-9-28-10-12-32-13-11-28)27-23(29)19-14-20(30-3)16-21(15-19)31-4/h5-7,14-16H,8-13H2,1-4H3,(H2,25,26,27,29). The van der Waals surface area contributed by atoms with Crippen molar-refractivity contribution in [3.63, 3.8) is 0 Å². The van der Waals surface area contributed by atoms with Gasteiger partial charge in [-0.05, 0) is 43.2 Å². The Labute approximate surface area is 189 Å². The number of rotatable bonds is 7. The summed E-state index contributed by atoms with van der Waals surface area (Å²) in [6, 6.07) is 11.1. The van der Waals surface area contributed by atoms with Crippen molar-refractivity contribution in [1.82, 2.24) is 10.2 Å². The predicted octanol–water partition coefficient (Wildman–Crippen LogP) is 2.85. The highest BCUT2D eigenvalue weighted by Gasteiger charge is 2.14. The number of anilines is 1. The Morgan fingerprint density at radius 3 is 2.44 bits per heavy atom. The number of hydrogen-bond donors (Lipinski definition) is 2. The van der Waals surface area contributed by atoms with Gasteiger partial charge in [0.25, 0.3) is 5.91 Å². The second-order valence-electron chi connectivity index (χ2n) is 7.61. The fourth-order valence-corrected chi connectivity index (χ4v) is 3.37. The molecule has 0 saturated carbocycles. The summed E-state index contributed by atoms with van der Waals surface area (Å²) in [5.74, 6) is 1.19. The number of nitrogens with one attached hydrogen (secondary N) is 2. The molecule has 1 fully saturated rings. The van der Waals surface area contributed by atoms with Gasteiger partial charge in [0.15, 0.2) is 0 Å². The maximum absolute atomic E-state index is 13.0. The second kappa shape index (κ2) is 11.5. The summed E-state index contributed by atoms with van der Waals surface area (Å²) in [6.07, 6.45) is 0. The van der Waals surface area contributed by atoms with Crippen molar-refractivity contribution in [3.8, 4) is 11.5 Å². The van der Waals surface area contributed by atoms with Crippen LogP contribution in [0.4, 0.5) is 5.69 Å². The Balaban J connectivity index is 1.78. The van der Waals surface area contributed by atoms with Gasteiger partial charge in [-0.3, -0.25) is 20.0 Å². The van der Waals surface area contributed by atoms with Crippen LogP contribution in [0.2, 0.25) is 0 Å². The zero-order valence-electron chi connectivity index (χ0n) is 19.2. The smallest absolute Gasteiger partial charge is 0.258 e. The molecule has 2 N–H and O–H groups in total. The average molecular weight is 441 g/mol. The molecule has 32 heavy (non-hydrogen) atoms. The van der Waals surface area contributed by atoms with E-state index in [1.807, 2.05) is 19.1 Å². The first-order chi connectivity index (χ1) is 15.5. The first kappa shape index (κ1) is 23.6. The van der Waals surface area contributed by atoms with Crippen molar-refractivity contribution >= 4 is 17.6 Å². The van der Waals surface area contributed by atoms with Crippen LogP contribution in [0, 0.1) is 13.8 Å². The summed E-state index contributed by atoms with van der Waals surface area (Å²) in [6.45, 7) is 8.71. The van der Waals surface area contributed by atoms with Crippen LogP contribution in [0.3, 0.4) is 0 Å². The van der Waals surface area contributed by atoms with E-state index < -0.39 is 0 Å². The van der Waals surface area contributed by atoms with E-state index in [4.69, 9.17) is 14.2 Å². The Morgan fingerprint density at radius 2 is 1.78 bits per heavy atom. The second-order valence-corrected chi connectivity index (χ2v) is 7.61. The van der Waals surface area contributed by atoms with Gasteiger partial charge < -0.3 is 19.5 Å². The van der Waals surface area contributed by atoms with Crippen molar-refractivity contribution < 1.29 is 19.0 Å². The number of aryl methyl sites for hydroxylation is 1. The van der Waals surface area contributed by atoms with Gasteiger partial charge in [-0.2, -0.15) is 0 Å². The van der Waals surface area contributed by atoms with E-state index in [9.17, 15) is 4.79 Å². The third kappa shape index (κ3) is 6.45. The summed E-state index contributed by atoms with van der Waals surface area (Å²) < 4.78 is 16.0. The van der Waals surface area contributed by atoms with Gasteiger partial charge in [0.05, 0.1) is 34.0 Å². The molecular weight excluding hydrogens is 408 g/mol. The van der Waals surface area contributed by atoms with E-state index in [2.05, 4.69) is 33.5 Å². The molecule has 0 radical (unpaired) electrons. The zero-order chi connectivity index (χ0) is 22.9. The summed E-state index contributed by atoms with van der Waals surface area (Å²) in [7, 11) is 3.11. The van der Waals surface area contributed by atoms with E-state index in [1.54, 1.807) is 32.4 Å². The molecule has 2 aromatic carbocycles. The molecular formula is C24H32N4O4. The van der Waals surface area contributed by atoms with Crippen molar-refractivity contribution in [2.75, 3.05) is 58.9 Å². The maximum Gasteiger partial charge on any atom is 0.258 e. The number of benzene rings is 2. The lowest BCUT2D eigenvalue weighted by Gasteiger charge is -2.25. The Hall–Kier alpha value is -3.10. The Morgan fingerprint density at radius 1 is 1.09 bits per heavy atom. The molecule has 0 unspecified atom stereocenters. The summed E-state index contributed by atoms with van der Waals surface area (Å²) in [4.78, 5) is 20.0. The van der Waals surface area contributed by atoms with E-state index >= 15 is 0 Å². The topological polar surface area (TPSA) is 84.4 Å². The molecule has 0 atom stereocenters. The van der Waals surface area contributed by atoms with Crippen molar-refractivity contribution in [3.05, 3.63) is 53.1 Å². The van der Waals surface area contributed by atoms with E-state index in [0.717, 1.165) is 49.7 Å². The number of nitrogens with zero attached hydrogens (tertiary/aromatic N) is 2. The third-order valence-electron chi connectivity index (χ3n) is 5.49. The fourth-order valence-electron chi connectivity index (χ4n) is 3.37. The third-order valence-corrected chi connectivity index (χ3v) is 5.49. The van der Waals surface area contributed by atoms with Crippen LogP contribution in [0.5, 0.6) is 11.5 Å². The average Bonchev–Trinajstić information content (AvgIpc) is 2.82. The van der Waals surface area contributed by atoms with Gasteiger partial charge in [-0.15, -0.1) is 0 Å². The fraction of sp³-hybridized carbons (Fsp3) is 0.417. The minimum Gasteiger partial charge on any atom is -0.497 e. The summed E-state index contributed by atoms with van der Waals surface area (Å²) in [5, 5.41) is 6.21. The summed E-state index contributed by atoms with van der Waals surface area (Å²) >= 11 is 0. The van der Waals surface area contributed by atoms with Gasteiger partial charge in [0.1, 0.15) is 11.5 Å². The predicted molar refractivity (Wildman–Crippen MR) is 126 cm³/mol. The van der Waals surface area contributed by atoms with Crippen molar-refractivity contribution in [2.45, 2.75) is 13.8 Å². The number of guanidine groups is 1. The van der Waals surface area contributed by atoms with Crippen LogP contribution in [-0.2, 0) is 4.74 Å². The number of carbonyl (C=O) groups excluding carboxylic acids is 1. The van der Waals surface area contributed by atoms with Crippen molar-refractivity contribution in [2.24, 2.45) is 4.99 Å². The lowest BCUT2D eigenvalue weighted by molar-refractivity contribution is 0.0394. The quantitative estimate of drug-likeness (QED) is 0.509. The lowest BCUT2D eigenvalue weighted by atomic mass is 10.1. The van der Waals surface area contributed by atoms with Crippen LogP contribution in [-0.4, -0.2) is 70.4 Å². The number of amides is 1. The largest absolute Gasteiger partial charge is 0.497 e. The molecule has 172 valence electrons. The molecule has 0 bridgehead atoms. The molecule has 0 aliphatic carbocycles. The normalized spacial score (nSPS) is 14.7. The summed E-state index contributed by atoms with van der Waals surface area (Å²) in [5.41, 5.74) is 3.58. The highest BCUT2D eigenvalue weighted by Crippen LogP contribution is 2.22. The molecule has 1 saturated heterocycles. The van der Waals surface area contributed by atoms with E-state index in [1.165, 1.54) is 0 Å². The van der Waals surface area contributed by atoms with E-state index in [-0.39, 0.29) is 5.91 Å². The molecule has 2 aromatic rings. The van der Waals surface area contributed by atoms with Crippen LogP contribution in [0.15, 0.2) is 41.4 Å². The van der Waals surface area contributed by atoms with Gasteiger partial charge in [0.2, 0.25) is 5.96 Å². The number of ether oxygens (including phenoxy) is 3. The number of carbonyl (C=O) groups is 1. The maximum atomic E-state index is 13.0. The molecule has 3 rings (SSSR count). The number of aliphatic imine (C=N–C) groups is 1. The van der Waals surface area contributed by atoms with Gasteiger partial charge in [-0.25, -0.2) is 0 Å². The number of hydrogen-bond acceptors (Lipinski definition) is 6. The molecule has 1 aliphatic heterocycles. The van der Waals surface area contributed by atoms with Crippen LogP contribution in [0.25, 0.3) is 0 Å². The highest BCUT2D eigenvalue weighted by atomic mass is 16.5. The first-order valence-electron chi connectivity index (χ1n) is 10.7. The molecule has 1 amide bonds. The molecule has 0 aromatic heterocycles. The monoisotopic (exact) mass is 440 g/mol. The van der Waals surface area contributed by atoms with Crippen LogP contribution in [0.1, 0.15) is 21.5 Å². The highest BCUT2D eigenvalue weighted by molar-refractivity contribution is 6.10. The SMILES string of the molecule is COc1cc(OC)cc(C(=O)NC(=NCCN2CCOCC2)Nc2cccc(C)c2C)c1. The molecule has 1 aliphatic rings. The van der Waals surface area contributed by atoms with Crippen LogP contribution < -0.4 is 20.1 Å². The molecule has 8 heteroatoms. The van der Waals surface area contributed by atoms with Crippen molar-refractivity contribution in [1.29, 1.82) is 0 Å².